The molecular formula is C17H21N3O5S. The van der Waals surface area contributed by atoms with Crippen molar-refractivity contribution in [2.24, 2.45) is 0 Å². The molecule has 1 aliphatic rings. The number of nitrogens with one attached hydrogen (secondary N) is 3. The van der Waals surface area contributed by atoms with Gasteiger partial charge in [-0.1, -0.05) is 12.1 Å². The molecule has 3 amide bonds. The average molecular weight is 379 g/mol. The van der Waals surface area contributed by atoms with E-state index in [0.29, 0.717) is 23.4 Å². The molecule has 9 heteroatoms. The van der Waals surface area contributed by atoms with Crippen LogP contribution in [0.1, 0.15) is 23.2 Å². The van der Waals surface area contributed by atoms with Crippen molar-refractivity contribution in [2.75, 3.05) is 24.4 Å². The summed E-state index contributed by atoms with van der Waals surface area (Å²) in [7, 11) is 1.25. The summed E-state index contributed by atoms with van der Waals surface area (Å²) in [5.41, 5.74) is 0.724. The molecule has 26 heavy (non-hydrogen) atoms. The maximum atomic E-state index is 12.3. The topological polar surface area (TPSA) is 114 Å². The highest BCUT2D eigenvalue weighted by Crippen LogP contribution is 2.18. The van der Waals surface area contributed by atoms with E-state index < -0.39 is 35.8 Å². The van der Waals surface area contributed by atoms with Crippen LogP contribution in [-0.2, 0) is 19.1 Å². The van der Waals surface area contributed by atoms with Crippen molar-refractivity contribution in [3.05, 3.63) is 29.8 Å². The SMILES string of the molecule is COC(=O)[C@@H](CCSC)NC(=O)C[C@H]1NC(=O)c2ccccc2NC1=O. The Bertz CT molecular complexity index is 709. The smallest absolute Gasteiger partial charge is 0.328 e. The van der Waals surface area contributed by atoms with Crippen LogP contribution in [0.4, 0.5) is 5.69 Å². The van der Waals surface area contributed by atoms with Crippen molar-refractivity contribution in [1.82, 2.24) is 10.6 Å². The number of benzene rings is 1. The normalized spacial score (nSPS) is 17.2. The fraction of sp³-hybridized carbons (Fsp3) is 0.412. The van der Waals surface area contributed by atoms with Crippen molar-refractivity contribution in [2.45, 2.75) is 24.9 Å². The third-order valence-electron chi connectivity index (χ3n) is 3.87. The number of fused-ring (bicyclic) bond motifs is 1. The number of anilines is 1. The van der Waals surface area contributed by atoms with E-state index in [9.17, 15) is 19.2 Å². The van der Waals surface area contributed by atoms with Crippen molar-refractivity contribution in [3.8, 4) is 0 Å². The average Bonchev–Trinajstić information content (AvgIpc) is 2.74. The maximum Gasteiger partial charge on any atom is 0.328 e. The lowest BCUT2D eigenvalue weighted by atomic mass is 10.1. The molecule has 3 N–H and O–H groups in total. The van der Waals surface area contributed by atoms with Crippen LogP contribution in [0.5, 0.6) is 0 Å². The predicted molar refractivity (Wildman–Crippen MR) is 97.9 cm³/mol. The Morgan fingerprint density at radius 2 is 2.04 bits per heavy atom. The lowest BCUT2D eigenvalue weighted by Gasteiger charge is -2.18. The number of thioether (sulfide) groups is 1. The summed E-state index contributed by atoms with van der Waals surface area (Å²) in [5, 5.41) is 7.74. The Morgan fingerprint density at radius 1 is 1.31 bits per heavy atom. The molecular weight excluding hydrogens is 358 g/mol. The van der Waals surface area contributed by atoms with E-state index in [1.807, 2.05) is 6.26 Å². The number of para-hydroxylation sites is 1. The summed E-state index contributed by atoms with van der Waals surface area (Å²) in [4.78, 5) is 48.6. The van der Waals surface area contributed by atoms with Gasteiger partial charge in [0, 0.05) is 0 Å². The zero-order valence-electron chi connectivity index (χ0n) is 14.5. The summed E-state index contributed by atoms with van der Waals surface area (Å²) in [6.45, 7) is 0. The standard InChI is InChI=1S/C17H21N3O5S/c1-25-17(24)12(7-8-26-2)18-14(21)9-13-16(23)19-11-6-4-3-5-10(11)15(22)20-13/h3-6,12-13H,7-9H2,1-2H3,(H,18,21)(H,19,23)(H,20,22)/t12-,13-/m1/s1. The Kier molecular flexibility index (Phi) is 7.02. The number of rotatable bonds is 7. The van der Waals surface area contributed by atoms with Crippen molar-refractivity contribution in [3.63, 3.8) is 0 Å². The van der Waals surface area contributed by atoms with Crippen molar-refractivity contribution >= 4 is 41.1 Å². The highest BCUT2D eigenvalue weighted by atomic mass is 32.2. The molecule has 1 aliphatic heterocycles. The zero-order chi connectivity index (χ0) is 19.1. The van der Waals surface area contributed by atoms with E-state index >= 15 is 0 Å². The van der Waals surface area contributed by atoms with Gasteiger partial charge in [0.15, 0.2) is 0 Å². The third-order valence-corrected chi connectivity index (χ3v) is 4.52. The van der Waals surface area contributed by atoms with Gasteiger partial charge in [-0.2, -0.15) is 11.8 Å². The fourth-order valence-corrected chi connectivity index (χ4v) is 2.99. The van der Waals surface area contributed by atoms with Gasteiger partial charge in [-0.25, -0.2) is 4.79 Å². The second-order valence-corrected chi connectivity index (χ2v) is 6.68. The number of esters is 1. The first-order valence-electron chi connectivity index (χ1n) is 8.03. The van der Waals surface area contributed by atoms with E-state index in [-0.39, 0.29) is 6.42 Å². The molecule has 0 bridgehead atoms. The molecule has 2 rings (SSSR count). The van der Waals surface area contributed by atoms with Crippen LogP contribution in [0.25, 0.3) is 0 Å². The van der Waals surface area contributed by atoms with Crippen LogP contribution < -0.4 is 16.0 Å². The van der Waals surface area contributed by atoms with E-state index in [1.54, 1.807) is 24.3 Å². The van der Waals surface area contributed by atoms with Gasteiger partial charge in [-0.3, -0.25) is 14.4 Å². The number of methoxy groups -OCH3 is 1. The quantitative estimate of drug-likeness (QED) is 0.596. The molecule has 0 aliphatic carbocycles. The largest absolute Gasteiger partial charge is 0.467 e. The van der Waals surface area contributed by atoms with Gasteiger partial charge < -0.3 is 20.7 Å². The molecule has 1 heterocycles. The first-order valence-corrected chi connectivity index (χ1v) is 9.42. The molecule has 1 aromatic carbocycles. The summed E-state index contributed by atoms with van der Waals surface area (Å²) >= 11 is 1.54. The van der Waals surface area contributed by atoms with Gasteiger partial charge >= 0.3 is 5.97 Å². The number of amides is 3. The minimum absolute atomic E-state index is 0.279. The fourth-order valence-electron chi connectivity index (χ4n) is 2.52. The van der Waals surface area contributed by atoms with Crippen molar-refractivity contribution < 1.29 is 23.9 Å². The van der Waals surface area contributed by atoms with Crippen LogP contribution in [0, 0.1) is 0 Å². The van der Waals surface area contributed by atoms with Gasteiger partial charge in [0.1, 0.15) is 12.1 Å². The third kappa shape index (κ3) is 4.98. The zero-order valence-corrected chi connectivity index (χ0v) is 15.4. The second kappa shape index (κ2) is 9.23. The number of hydrogen-bond donors (Lipinski definition) is 3. The van der Waals surface area contributed by atoms with Gasteiger partial charge in [0.25, 0.3) is 5.91 Å². The first-order chi connectivity index (χ1) is 12.5. The molecule has 140 valence electrons. The van der Waals surface area contributed by atoms with Crippen LogP contribution >= 0.6 is 11.8 Å². The minimum Gasteiger partial charge on any atom is -0.467 e. The highest BCUT2D eigenvalue weighted by Gasteiger charge is 2.30. The molecule has 0 fully saturated rings. The number of carbonyl (C=O) groups is 4. The maximum absolute atomic E-state index is 12.3. The number of ether oxygens (including phenoxy) is 1. The summed E-state index contributed by atoms with van der Waals surface area (Å²) in [5.74, 6) is -1.33. The summed E-state index contributed by atoms with van der Waals surface area (Å²) < 4.78 is 4.69. The van der Waals surface area contributed by atoms with Crippen LogP contribution in [-0.4, -0.2) is 54.9 Å². The van der Waals surface area contributed by atoms with Crippen LogP contribution in [0.2, 0.25) is 0 Å². The van der Waals surface area contributed by atoms with Gasteiger partial charge in [-0.15, -0.1) is 0 Å². The highest BCUT2D eigenvalue weighted by molar-refractivity contribution is 7.98. The summed E-state index contributed by atoms with van der Waals surface area (Å²) in [6, 6.07) is 4.76. The molecule has 0 aromatic heterocycles. The van der Waals surface area contributed by atoms with E-state index in [1.165, 1.54) is 18.9 Å². The molecule has 0 saturated heterocycles. The van der Waals surface area contributed by atoms with Crippen LogP contribution in [0.3, 0.4) is 0 Å². The molecule has 0 saturated carbocycles. The Morgan fingerprint density at radius 3 is 2.73 bits per heavy atom. The Hall–Kier alpha value is -2.55. The second-order valence-electron chi connectivity index (χ2n) is 5.69. The van der Waals surface area contributed by atoms with E-state index in [2.05, 4.69) is 20.7 Å². The van der Waals surface area contributed by atoms with E-state index in [4.69, 9.17) is 0 Å². The van der Waals surface area contributed by atoms with Gasteiger partial charge in [-0.05, 0) is 30.6 Å². The Balaban J connectivity index is 2.03. The van der Waals surface area contributed by atoms with Gasteiger partial charge in [0.2, 0.25) is 11.8 Å². The predicted octanol–water partition coefficient (Wildman–Crippen LogP) is 0.538. The number of hydrogen-bond acceptors (Lipinski definition) is 6. The lowest BCUT2D eigenvalue weighted by Crippen LogP contribution is -2.48. The molecule has 0 unspecified atom stereocenters. The first kappa shape index (κ1) is 19.8. The van der Waals surface area contributed by atoms with Crippen molar-refractivity contribution in [1.29, 1.82) is 0 Å². The monoisotopic (exact) mass is 379 g/mol. The Labute approximate surface area is 155 Å². The lowest BCUT2D eigenvalue weighted by molar-refractivity contribution is -0.145. The van der Waals surface area contributed by atoms with E-state index in [0.717, 1.165) is 0 Å². The summed E-state index contributed by atoms with van der Waals surface area (Å²) in [6.07, 6.45) is 2.02. The molecule has 0 radical (unpaired) electrons. The minimum atomic E-state index is -1.03. The molecule has 1 aromatic rings. The van der Waals surface area contributed by atoms with Gasteiger partial charge in [0.05, 0.1) is 24.8 Å². The van der Waals surface area contributed by atoms with Crippen LogP contribution in [0.15, 0.2) is 24.3 Å². The molecule has 2 atom stereocenters. The molecule has 0 spiro atoms. The molecule has 8 nitrogen and oxygen atoms in total. The number of carbonyl (C=O) groups excluding carboxylic acids is 4.